The van der Waals surface area contributed by atoms with E-state index in [2.05, 4.69) is 9.88 Å². The minimum Gasteiger partial charge on any atom is -0.465 e. The van der Waals surface area contributed by atoms with Crippen LogP contribution in [0, 0.1) is 6.92 Å². The summed E-state index contributed by atoms with van der Waals surface area (Å²) in [6.07, 6.45) is 5.13. The van der Waals surface area contributed by atoms with Crippen molar-refractivity contribution in [2.24, 2.45) is 0 Å². The molecule has 0 aliphatic carbocycles. The molecule has 0 spiro atoms. The number of aryl methyl sites for hydroxylation is 1. The number of ether oxygens (including phenoxy) is 1. The lowest BCUT2D eigenvalue weighted by Crippen LogP contribution is -2.64. The van der Waals surface area contributed by atoms with Crippen molar-refractivity contribution >= 4 is 5.91 Å². The van der Waals surface area contributed by atoms with E-state index in [9.17, 15) is 4.79 Å². The van der Waals surface area contributed by atoms with Crippen LogP contribution < -0.4 is 0 Å². The van der Waals surface area contributed by atoms with Crippen LogP contribution in [0.25, 0.3) is 0 Å². The third-order valence-corrected chi connectivity index (χ3v) is 5.51. The Morgan fingerprint density at radius 1 is 1.19 bits per heavy atom. The molecule has 0 bridgehead atoms. The van der Waals surface area contributed by atoms with Crippen LogP contribution in [-0.2, 0) is 16.1 Å². The Morgan fingerprint density at radius 2 is 1.92 bits per heavy atom. The van der Waals surface area contributed by atoms with E-state index in [1.54, 1.807) is 19.5 Å². The zero-order chi connectivity index (χ0) is 18.1. The van der Waals surface area contributed by atoms with Gasteiger partial charge in [0.1, 0.15) is 11.5 Å². The van der Waals surface area contributed by atoms with Gasteiger partial charge in [-0.3, -0.25) is 14.7 Å². The van der Waals surface area contributed by atoms with Gasteiger partial charge in [0.25, 0.3) is 5.91 Å². The average molecular weight is 355 g/mol. The summed E-state index contributed by atoms with van der Waals surface area (Å²) in [4.78, 5) is 21.1. The topological polar surface area (TPSA) is 58.8 Å². The van der Waals surface area contributed by atoms with Gasteiger partial charge in [-0.2, -0.15) is 0 Å². The summed E-state index contributed by atoms with van der Waals surface area (Å²) in [6, 6.07) is 8.27. The van der Waals surface area contributed by atoms with Gasteiger partial charge < -0.3 is 14.1 Å². The normalized spacial score (nSPS) is 24.7. The van der Waals surface area contributed by atoms with Crippen molar-refractivity contribution in [2.75, 3.05) is 20.2 Å². The first-order chi connectivity index (χ1) is 12.7. The Morgan fingerprint density at radius 3 is 2.54 bits per heavy atom. The first-order valence-corrected chi connectivity index (χ1v) is 9.20. The number of carbonyl (C=O) groups is 1. The van der Waals surface area contributed by atoms with E-state index in [1.165, 1.54) is 0 Å². The Kier molecular flexibility index (Phi) is 4.78. The van der Waals surface area contributed by atoms with Gasteiger partial charge in [0.15, 0.2) is 6.10 Å². The van der Waals surface area contributed by atoms with Crippen molar-refractivity contribution in [3.8, 4) is 0 Å². The number of nitrogens with zero attached hydrogens (tertiary/aromatic N) is 3. The Balaban J connectivity index is 1.40. The van der Waals surface area contributed by atoms with Crippen LogP contribution in [-0.4, -0.2) is 53.0 Å². The molecule has 0 N–H and O–H groups in total. The van der Waals surface area contributed by atoms with Crippen molar-refractivity contribution < 1.29 is 13.9 Å². The van der Waals surface area contributed by atoms with Crippen LogP contribution >= 0.6 is 0 Å². The molecule has 0 radical (unpaired) electrons. The van der Waals surface area contributed by atoms with E-state index in [-0.39, 0.29) is 24.1 Å². The molecule has 26 heavy (non-hydrogen) atoms. The molecule has 0 aromatic carbocycles. The fraction of sp³-hybridized carbons (Fsp3) is 0.500. The number of hydrogen-bond donors (Lipinski definition) is 0. The van der Waals surface area contributed by atoms with Gasteiger partial charge in [-0.1, -0.05) is 0 Å². The van der Waals surface area contributed by atoms with E-state index >= 15 is 0 Å². The maximum atomic E-state index is 12.6. The predicted molar refractivity (Wildman–Crippen MR) is 96.4 cm³/mol. The van der Waals surface area contributed by atoms with E-state index in [0.29, 0.717) is 0 Å². The molecule has 138 valence electrons. The second-order valence-electron chi connectivity index (χ2n) is 7.15. The molecule has 2 aliphatic heterocycles. The highest BCUT2D eigenvalue weighted by atomic mass is 16.5. The summed E-state index contributed by atoms with van der Waals surface area (Å²) in [5.41, 5.74) is 1.10. The van der Waals surface area contributed by atoms with Gasteiger partial charge in [0.05, 0.1) is 12.6 Å². The van der Waals surface area contributed by atoms with Crippen molar-refractivity contribution in [1.29, 1.82) is 0 Å². The second kappa shape index (κ2) is 7.21. The predicted octanol–water partition coefficient (Wildman–Crippen LogP) is 2.55. The quantitative estimate of drug-likeness (QED) is 0.772. The van der Waals surface area contributed by atoms with Gasteiger partial charge in [-0.25, -0.2) is 0 Å². The van der Waals surface area contributed by atoms with E-state index in [1.807, 2.05) is 36.1 Å². The van der Waals surface area contributed by atoms with Gasteiger partial charge >= 0.3 is 0 Å². The molecule has 6 heteroatoms. The fourth-order valence-electron chi connectivity index (χ4n) is 4.16. The van der Waals surface area contributed by atoms with Crippen molar-refractivity contribution in [3.05, 3.63) is 53.7 Å². The van der Waals surface area contributed by atoms with E-state index in [4.69, 9.17) is 9.15 Å². The van der Waals surface area contributed by atoms with Crippen LogP contribution in [0.4, 0.5) is 0 Å². The third-order valence-electron chi connectivity index (χ3n) is 5.51. The monoisotopic (exact) mass is 355 g/mol. The molecule has 2 aliphatic rings. The second-order valence-corrected chi connectivity index (χ2v) is 7.15. The number of piperidine rings is 1. The zero-order valence-electron chi connectivity index (χ0n) is 15.3. The summed E-state index contributed by atoms with van der Waals surface area (Å²) >= 11 is 0. The molecular formula is C20H25N3O3. The van der Waals surface area contributed by atoms with E-state index in [0.717, 1.165) is 49.6 Å². The number of β-lactam (4-membered cyclic amide) rings is 1. The van der Waals surface area contributed by atoms with Crippen molar-refractivity contribution in [1.82, 2.24) is 14.8 Å². The van der Waals surface area contributed by atoms with Gasteiger partial charge in [-0.05, 0) is 49.6 Å². The highest BCUT2D eigenvalue weighted by Crippen LogP contribution is 2.40. The number of aromatic nitrogens is 1. The summed E-state index contributed by atoms with van der Waals surface area (Å²) in [5, 5.41) is 0. The molecule has 4 rings (SSSR count). The molecule has 1 amide bonds. The minimum absolute atomic E-state index is 0.000210. The van der Waals surface area contributed by atoms with Crippen LogP contribution in [0.5, 0.6) is 0 Å². The molecule has 4 heterocycles. The van der Waals surface area contributed by atoms with E-state index < -0.39 is 0 Å². The lowest BCUT2D eigenvalue weighted by molar-refractivity contribution is -0.178. The molecular weight excluding hydrogens is 330 g/mol. The largest absolute Gasteiger partial charge is 0.465 e. The Hall–Kier alpha value is -2.18. The SMILES string of the molecule is CO[C@H]1C(=O)N(C2CCN(Cc3ccc(C)o3)CC2)[C@H]1c1ccncc1. The molecule has 2 atom stereocenters. The number of rotatable bonds is 5. The Bertz CT molecular complexity index is 753. The van der Waals surface area contributed by atoms with Crippen LogP contribution in [0.2, 0.25) is 0 Å². The summed E-state index contributed by atoms with van der Waals surface area (Å²) in [6.45, 7) is 4.74. The first-order valence-electron chi connectivity index (χ1n) is 9.20. The third kappa shape index (κ3) is 3.15. The lowest BCUT2D eigenvalue weighted by atomic mass is 9.86. The van der Waals surface area contributed by atoms with Crippen LogP contribution in [0.15, 0.2) is 41.1 Å². The van der Waals surface area contributed by atoms with Gasteiger partial charge in [0.2, 0.25) is 0 Å². The zero-order valence-corrected chi connectivity index (χ0v) is 15.3. The van der Waals surface area contributed by atoms with Gasteiger partial charge in [-0.15, -0.1) is 0 Å². The first kappa shape index (κ1) is 17.2. The van der Waals surface area contributed by atoms with Crippen LogP contribution in [0.1, 0.15) is 36.0 Å². The highest BCUT2D eigenvalue weighted by Gasteiger charge is 2.51. The Labute approximate surface area is 153 Å². The number of methoxy groups -OCH3 is 1. The van der Waals surface area contributed by atoms with Crippen molar-refractivity contribution in [3.63, 3.8) is 0 Å². The molecule has 0 unspecified atom stereocenters. The molecule has 2 saturated heterocycles. The standard InChI is InChI=1S/C20H25N3O3/c1-14-3-4-17(26-14)13-22-11-7-16(8-12-22)23-18(19(25-2)20(23)24)15-5-9-21-10-6-15/h3-6,9-10,16,18-19H,7-8,11-13H2,1-2H3/t18-,19+/m0/s1. The lowest BCUT2D eigenvalue weighted by Gasteiger charge is -2.52. The molecule has 2 aromatic heterocycles. The average Bonchev–Trinajstić information content (AvgIpc) is 3.07. The molecule has 2 aromatic rings. The van der Waals surface area contributed by atoms with Crippen LogP contribution in [0.3, 0.4) is 0 Å². The fourth-order valence-corrected chi connectivity index (χ4v) is 4.16. The maximum absolute atomic E-state index is 12.6. The molecule has 2 fully saturated rings. The molecule has 6 nitrogen and oxygen atoms in total. The number of amides is 1. The smallest absolute Gasteiger partial charge is 0.255 e. The van der Waals surface area contributed by atoms with Crippen molar-refractivity contribution in [2.45, 2.75) is 44.5 Å². The highest BCUT2D eigenvalue weighted by molar-refractivity contribution is 5.89. The number of carbonyl (C=O) groups excluding carboxylic acids is 1. The number of likely N-dealkylation sites (tertiary alicyclic amines) is 2. The maximum Gasteiger partial charge on any atom is 0.255 e. The van der Waals surface area contributed by atoms with Gasteiger partial charge in [0, 0.05) is 38.6 Å². The summed E-state index contributed by atoms with van der Waals surface area (Å²) in [7, 11) is 1.61. The number of pyridine rings is 1. The molecule has 0 saturated carbocycles. The summed E-state index contributed by atoms with van der Waals surface area (Å²) < 4.78 is 11.1. The summed E-state index contributed by atoms with van der Waals surface area (Å²) in [5.74, 6) is 2.07. The minimum atomic E-state index is -0.374. The number of hydrogen-bond acceptors (Lipinski definition) is 5. The number of furan rings is 1.